The minimum absolute atomic E-state index is 0.0412. The minimum atomic E-state index is -0.138. The van der Waals surface area contributed by atoms with Crippen molar-refractivity contribution in [1.29, 1.82) is 0 Å². The third kappa shape index (κ3) is 4.28. The Morgan fingerprint density at radius 3 is 2.56 bits per heavy atom. The van der Waals surface area contributed by atoms with E-state index in [2.05, 4.69) is 33.5 Å². The molecule has 2 aromatic carbocycles. The van der Waals surface area contributed by atoms with Gasteiger partial charge >= 0.3 is 0 Å². The molecule has 5 aromatic rings. The summed E-state index contributed by atoms with van der Waals surface area (Å²) in [6, 6.07) is 19.7. The molecular formula is C28H27N5O2S. The first-order chi connectivity index (χ1) is 17.5. The summed E-state index contributed by atoms with van der Waals surface area (Å²) >= 11 is 1.33. The van der Waals surface area contributed by atoms with Gasteiger partial charge in [0.2, 0.25) is 5.78 Å². The second kappa shape index (κ2) is 9.99. The molecule has 0 N–H and O–H groups in total. The van der Waals surface area contributed by atoms with Gasteiger partial charge in [0.25, 0.3) is 5.56 Å². The monoisotopic (exact) mass is 497 g/mol. The van der Waals surface area contributed by atoms with E-state index < -0.39 is 0 Å². The van der Waals surface area contributed by atoms with Crippen LogP contribution in [0, 0.1) is 13.8 Å². The van der Waals surface area contributed by atoms with Gasteiger partial charge in [-0.3, -0.25) is 18.6 Å². The van der Waals surface area contributed by atoms with Crippen LogP contribution in [-0.2, 0) is 19.5 Å². The van der Waals surface area contributed by atoms with Gasteiger partial charge < -0.3 is 4.57 Å². The van der Waals surface area contributed by atoms with E-state index in [9.17, 15) is 9.59 Å². The minimum Gasteiger partial charge on any atom is -0.348 e. The van der Waals surface area contributed by atoms with Gasteiger partial charge in [0, 0.05) is 30.0 Å². The van der Waals surface area contributed by atoms with Crippen molar-refractivity contribution >= 4 is 34.2 Å². The molecule has 0 aliphatic carbocycles. The third-order valence-electron chi connectivity index (χ3n) is 6.46. The van der Waals surface area contributed by atoms with Crippen LogP contribution >= 0.6 is 11.8 Å². The van der Waals surface area contributed by atoms with Crippen LogP contribution in [-0.4, -0.2) is 35.3 Å². The summed E-state index contributed by atoms with van der Waals surface area (Å²) in [6.07, 6.45) is 2.57. The summed E-state index contributed by atoms with van der Waals surface area (Å²) < 4.78 is 5.61. The van der Waals surface area contributed by atoms with Crippen LogP contribution in [0.3, 0.4) is 0 Å². The van der Waals surface area contributed by atoms with Crippen LogP contribution in [0.1, 0.15) is 27.3 Å². The number of thioether (sulfide) groups is 1. The molecule has 0 spiro atoms. The molecule has 0 aliphatic rings. The Balaban J connectivity index is 1.41. The van der Waals surface area contributed by atoms with Crippen molar-refractivity contribution in [1.82, 2.24) is 23.7 Å². The lowest BCUT2D eigenvalue weighted by molar-refractivity contribution is 0.102. The molecule has 0 fully saturated rings. The Bertz CT molecular complexity index is 1650. The van der Waals surface area contributed by atoms with Crippen LogP contribution < -0.4 is 5.56 Å². The fourth-order valence-corrected chi connectivity index (χ4v) is 5.47. The smallest absolute Gasteiger partial charge is 0.263 e. The van der Waals surface area contributed by atoms with Crippen molar-refractivity contribution in [2.45, 2.75) is 38.5 Å². The Kier molecular flexibility index (Phi) is 6.61. The van der Waals surface area contributed by atoms with Gasteiger partial charge in [0.05, 0.1) is 16.7 Å². The highest BCUT2D eigenvalue weighted by atomic mass is 32.2. The topological polar surface area (TPSA) is 74.2 Å². The maximum atomic E-state index is 13.3. The number of nitrogens with zero attached hydrogens (tertiary/aromatic N) is 5. The quantitative estimate of drug-likeness (QED) is 0.165. The standard InChI is InChI=1S/C28H27N5O2S/c1-4-15-32-26(35)22-12-8-9-13-24(22)33-27(32)29-30-28(33)36-18-25(34)23-17-19(2)31(20(23)3)16-14-21-10-6-5-7-11-21/h4-13,17H,1,14-16,18H2,2-3H3. The first-order valence-electron chi connectivity index (χ1n) is 11.8. The molecule has 8 heteroatoms. The van der Waals surface area contributed by atoms with Crippen LogP contribution in [0.4, 0.5) is 0 Å². The van der Waals surface area contributed by atoms with Crippen LogP contribution in [0.2, 0.25) is 0 Å². The zero-order valence-electron chi connectivity index (χ0n) is 20.3. The van der Waals surface area contributed by atoms with Crippen molar-refractivity contribution in [3.05, 3.63) is 106 Å². The number of carbonyl (C=O) groups is 1. The average Bonchev–Trinajstić information content (AvgIpc) is 3.45. The summed E-state index contributed by atoms with van der Waals surface area (Å²) in [7, 11) is 0. The summed E-state index contributed by atoms with van der Waals surface area (Å²) in [5.41, 5.74) is 4.64. The predicted molar refractivity (Wildman–Crippen MR) is 144 cm³/mol. The lowest BCUT2D eigenvalue weighted by atomic mass is 10.1. The van der Waals surface area contributed by atoms with Gasteiger partial charge in [-0.1, -0.05) is 60.3 Å². The predicted octanol–water partition coefficient (Wildman–Crippen LogP) is 4.87. The number of hydrogen-bond donors (Lipinski definition) is 0. The van der Waals surface area contributed by atoms with Gasteiger partial charge in [-0.2, -0.15) is 0 Å². The second-order valence-electron chi connectivity index (χ2n) is 8.72. The van der Waals surface area contributed by atoms with Gasteiger partial charge in [0.15, 0.2) is 10.9 Å². The average molecular weight is 498 g/mol. The number of ketones is 1. The molecular weight excluding hydrogens is 470 g/mol. The fraction of sp³-hybridized carbons (Fsp3) is 0.214. The van der Waals surface area contributed by atoms with E-state index in [0.29, 0.717) is 22.9 Å². The Labute approximate surface area is 213 Å². The highest BCUT2D eigenvalue weighted by molar-refractivity contribution is 7.99. The molecule has 0 aliphatic heterocycles. The largest absolute Gasteiger partial charge is 0.348 e. The Hall–Kier alpha value is -3.91. The van der Waals surface area contributed by atoms with E-state index in [4.69, 9.17) is 0 Å². The van der Waals surface area contributed by atoms with Crippen LogP contribution in [0.25, 0.3) is 16.7 Å². The van der Waals surface area contributed by atoms with Gasteiger partial charge in [0.1, 0.15) is 0 Å². The molecule has 0 saturated carbocycles. The molecule has 0 saturated heterocycles. The van der Waals surface area contributed by atoms with Gasteiger partial charge in [-0.25, -0.2) is 0 Å². The molecule has 182 valence electrons. The number of allylic oxidation sites excluding steroid dienone is 1. The van der Waals surface area contributed by atoms with Crippen molar-refractivity contribution in [3.8, 4) is 0 Å². The van der Waals surface area contributed by atoms with E-state index in [1.165, 1.54) is 17.3 Å². The Morgan fingerprint density at radius 1 is 1.03 bits per heavy atom. The number of benzene rings is 2. The number of carbonyl (C=O) groups excluding carboxylic acids is 1. The number of fused-ring (bicyclic) bond motifs is 3. The SMILES string of the molecule is C=CCn1c(=O)c2ccccc2n2c(SCC(=O)c3cc(C)n(CCc4ccccc4)c3C)nnc12. The maximum absolute atomic E-state index is 13.3. The molecule has 5 rings (SSSR count). The van der Waals surface area contributed by atoms with E-state index in [1.54, 1.807) is 16.7 Å². The second-order valence-corrected chi connectivity index (χ2v) is 9.67. The molecule has 7 nitrogen and oxygen atoms in total. The number of aromatic nitrogens is 5. The van der Waals surface area contributed by atoms with Crippen molar-refractivity contribution in [2.24, 2.45) is 0 Å². The highest BCUT2D eigenvalue weighted by Crippen LogP contribution is 2.24. The molecule has 0 radical (unpaired) electrons. The number of rotatable bonds is 9. The summed E-state index contributed by atoms with van der Waals surface area (Å²) in [6.45, 7) is 8.95. The molecule has 0 amide bonds. The third-order valence-corrected chi connectivity index (χ3v) is 7.39. The van der Waals surface area contributed by atoms with Gasteiger partial charge in [-0.05, 0) is 44.0 Å². The lowest BCUT2D eigenvalue weighted by Gasteiger charge is -2.10. The zero-order chi connectivity index (χ0) is 25.2. The number of para-hydroxylation sites is 1. The molecule has 3 aromatic heterocycles. The van der Waals surface area contributed by atoms with Crippen molar-refractivity contribution in [2.75, 3.05) is 5.75 Å². The first-order valence-corrected chi connectivity index (χ1v) is 12.8. The number of hydrogen-bond acceptors (Lipinski definition) is 5. The fourth-order valence-electron chi connectivity index (χ4n) is 4.64. The summed E-state index contributed by atoms with van der Waals surface area (Å²) in [5, 5.41) is 9.75. The van der Waals surface area contributed by atoms with Crippen molar-refractivity contribution in [3.63, 3.8) is 0 Å². The molecule has 0 atom stereocenters. The maximum Gasteiger partial charge on any atom is 0.263 e. The molecule has 3 heterocycles. The normalized spacial score (nSPS) is 11.4. The van der Waals surface area contributed by atoms with Crippen LogP contribution in [0.5, 0.6) is 0 Å². The molecule has 0 bridgehead atoms. The molecule has 0 unspecified atom stereocenters. The van der Waals surface area contributed by atoms with E-state index in [1.807, 2.05) is 60.7 Å². The molecule has 36 heavy (non-hydrogen) atoms. The Morgan fingerprint density at radius 2 is 1.78 bits per heavy atom. The lowest BCUT2D eigenvalue weighted by Crippen LogP contribution is -2.22. The highest BCUT2D eigenvalue weighted by Gasteiger charge is 2.20. The van der Waals surface area contributed by atoms with E-state index >= 15 is 0 Å². The number of aryl methyl sites for hydroxylation is 2. The summed E-state index contributed by atoms with van der Waals surface area (Å²) in [4.78, 5) is 26.2. The summed E-state index contributed by atoms with van der Waals surface area (Å²) in [5.74, 6) is 0.700. The zero-order valence-corrected chi connectivity index (χ0v) is 21.2. The van der Waals surface area contributed by atoms with E-state index in [-0.39, 0.29) is 17.1 Å². The van der Waals surface area contributed by atoms with Gasteiger partial charge in [-0.15, -0.1) is 16.8 Å². The van der Waals surface area contributed by atoms with Crippen molar-refractivity contribution < 1.29 is 4.79 Å². The first kappa shape index (κ1) is 23.8. The van der Waals surface area contributed by atoms with Crippen LogP contribution in [0.15, 0.2) is 83.3 Å². The van der Waals surface area contributed by atoms with E-state index in [0.717, 1.165) is 35.4 Å². The number of Topliss-reactive ketones (excluding diaryl/α,β-unsaturated/α-hetero) is 1.